The maximum absolute atomic E-state index is 6.01. The van der Waals surface area contributed by atoms with Gasteiger partial charge in [-0.1, -0.05) is 24.3 Å². The van der Waals surface area contributed by atoms with Gasteiger partial charge in [0.05, 0.1) is 11.2 Å². The van der Waals surface area contributed by atoms with Crippen LogP contribution < -0.4 is 10.8 Å². The van der Waals surface area contributed by atoms with Crippen molar-refractivity contribution < 1.29 is 9.31 Å². The Morgan fingerprint density at radius 2 is 1.50 bits per heavy atom. The average molecular weight is 247 g/mol. The third kappa shape index (κ3) is 2.46. The Bertz CT molecular complexity index is 398. The lowest BCUT2D eigenvalue weighted by molar-refractivity contribution is 0.00578. The van der Waals surface area contributed by atoms with Crippen LogP contribution in [0, 0.1) is 0 Å². The lowest BCUT2D eigenvalue weighted by Gasteiger charge is -2.32. The highest BCUT2D eigenvalue weighted by Gasteiger charge is 2.51. The molecule has 98 valence electrons. The molecule has 4 heteroatoms. The van der Waals surface area contributed by atoms with E-state index in [9.17, 15) is 0 Å². The quantitative estimate of drug-likeness (QED) is 0.825. The summed E-state index contributed by atoms with van der Waals surface area (Å²) < 4.78 is 12.0. The zero-order valence-corrected chi connectivity index (χ0v) is 11.9. The van der Waals surface area contributed by atoms with Gasteiger partial charge in [0, 0.05) is 6.54 Å². The van der Waals surface area contributed by atoms with Crippen molar-refractivity contribution in [2.45, 2.75) is 45.4 Å². The topological polar surface area (TPSA) is 30.5 Å². The van der Waals surface area contributed by atoms with Gasteiger partial charge in [-0.15, -0.1) is 0 Å². The molecule has 1 aliphatic rings. The fourth-order valence-electron chi connectivity index (χ4n) is 1.98. The summed E-state index contributed by atoms with van der Waals surface area (Å²) in [7, 11) is 1.68. The molecular weight excluding hydrogens is 225 g/mol. The normalized spacial score (nSPS) is 21.3. The van der Waals surface area contributed by atoms with E-state index in [1.807, 2.05) is 7.05 Å². The molecule has 2 rings (SSSR count). The third-order valence-corrected chi connectivity index (χ3v) is 3.89. The van der Waals surface area contributed by atoms with Gasteiger partial charge in [-0.25, -0.2) is 0 Å². The summed E-state index contributed by atoms with van der Waals surface area (Å²) in [6.07, 6.45) is 0. The van der Waals surface area contributed by atoms with Crippen molar-refractivity contribution in [2.24, 2.45) is 0 Å². The van der Waals surface area contributed by atoms with Crippen molar-refractivity contribution in [2.75, 3.05) is 7.05 Å². The SMILES string of the molecule is CNCc1ccc(B2OC(C)(C)C(C)(C)O2)cc1. The van der Waals surface area contributed by atoms with Crippen LogP contribution in [0.1, 0.15) is 33.3 Å². The van der Waals surface area contributed by atoms with Gasteiger partial charge in [0.15, 0.2) is 0 Å². The van der Waals surface area contributed by atoms with E-state index in [1.165, 1.54) is 5.56 Å². The van der Waals surface area contributed by atoms with Crippen LogP contribution in [0.5, 0.6) is 0 Å². The number of nitrogens with one attached hydrogen (secondary N) is 1. The van der Waals surface area contributed by atoms with Crippen LogP contribution in [-0.2, 0) is 15.9 Å². The Morgan fingerprint density at radius 1 is 1.00 bits per heavy atom. The second-order valence-electron chi connectivity index (χ2n) is 5.86. The molecule has 0 bridgehead atoms. The van der Waals surface area contributed by atoms with Gasteiger partial charge in [-0.3, -0.25) is 0 Å². The van der Waals surface area contributed by atoms with Crippen LogP contribution in [0.15, 0.2) is 24.3 Å². The zero-order valence-electron chi connectivity index (χ0n) is 11.9. The van der Waals surface area contributed by atoms with E-state index in [1.54, 1.807) is 0 Å². The first kappa shape index (κ1) is 13.6. The van der Waals surface area contributed by atoms with Gasteiger partial charge < -0.3 is 14.6 Å². The predicted molar refractivity (Wildman–Crippen MR) is 74.9 cm³/mol. The van der Waals surface area contributed by atoms with E-state index < -0.39 is 0 Å². The summed E-state index contributed by atoms with van der Waals surface area (Å²) >= 11 is 0. The Balaban J connectivity index is 2.14. The van der Waals surface area contributed by atoms with Crippen LogP contribution in [0.4, 0.5) is 0 Å². The molecule has 0 aliphatic carbocycles. The van der Waals surface area contributed by atoms with Crippen LogP contribution in [-0.4, -0.2) is 25.4 Å². The van der Waals surface area contributed by atoms with Gasteiger partial charge in [0.25, 0.3) is 0 Å². The van der Waals surface area contributed by atoms with Gasteiger partial charge in [0.1, 0.15) is 0 Å². The molecule has 18 heavy (non-hydrogen) atoms. The summed E-state index contributed by atoms with van der Waals surface area (Å²) in [5.74, 6) is 0. The fourth-order valence-corrected chi connectivity index (χ4v) is 1.98. The van der Waals surface area contributed by atoms with Crippen molar-refractivity contribution in [3.05, 3.63) is 29.8 Å². The summed E-state index contributed by atoms with van der Waals surface area (Å²) in [5.41, 5.74) is 1.79. The minimum atomic E-state index is -0.276. The summed E-state index contributed by atoms with van der Waals surface area (Å²) in [4.78, 5) is 0. The maximum atomic E-state index is 6.01. The second-order valence-corrected chi connectivity index (χ2v) is 5.86. The Morgan fingerprint density at radius 3 is 1.94 bits per heavy atom. The summed E-state index contributed by atoms with van der Waals surface area (Å²) in [5, 5.41) is 3.14. The molecule has 1 aliphatic heterocycles. The smallest absolute Gasteiger partial charge is 0.399 e. The lowest BCUT2D eigenvalue weighted by Crippen LogP contribution is -2.41. The third-order valence-electron chi connectivity index (χ3n) is 3.89. The molecule has 0 radical (unpaired) electrons. The largest absolute Gasteiger partial charge is 0.494 e. The molecule has 0 amide bonds. The first-order valence-corrected chi connectivity index (χ1v) is 6.45. The molecule has 1 heterocycles. The van der Waals surface area contributed by atoms with Crippen LogP contribution >= 0.6 is 0 Å². The van der Waals surface area contributed by atoms with E-state index in [2.05, 4.69) is 57.3 Å². The first-order valence-electron chi connectivity index (χ1n) is 6.45. The Hall–Kier alpha value is -0.835. The van der Waals surface area contributed by atoms with E-state index in [-0.39, 0.29) is 18.3 Å². The summed E-state index contributed by atoms with van der Waals surface area (Å²) in [6.45, 7) is 9.17. The minimum absolute atomic E-state index is 0.265. The van der Waals surface area contributed by atoms with Gasteiger partial charge in [-0.05, 0) is 45.8 Å². The average Bonchev–Trinajstić information content (AvgIpc) is 2.50. The highest BCUT2D eigenvalue weighted by Crippen LogP contribution is 2.36. The minimum Gasteiger partial charge on any atom is -0.399 e. The predicted octanol–water partition coefficient (Wildman–Crippen LogP) is 1.71. The molecule has 1 saturated heterocycles. The molecule has 0 aromatic heterocycles. The van der Waals surface area contributed by atoms with Crippen LogP contribution in [0.2, 0.25) is 0 Å². The maximum Gasteiger partial charge on any atom is 0.494 e. The number of rotatable bonds is 3. The standard InChI is InChI=1S/C14H22BNO2/c1-13(2)14(3,4)18-15(17-13)12-8-6-11(7-9-12)10-16-5/h6-9,16H,10H2,1-5H3. The molecule has 0 unspecified atom stereocenters. The Labute approximate surface area is 110 Å². The second kappa shape index (κ2) is 4.69. The first-order chi connectivity index (χ1) is 8.36. The van der Waals surface area contributed by atoms with Crippen molar-refractivity contribution in [1.82, 2.24) is 5.32 Å². The number of benzene rings is 1. The van der Waals surface area contributed by atoms with Gasteiger partial charge in [0.2, 0.25) is 0 Å². The van der Waals surface area contributed by atoms with E-state index in [0.717, 1.165) is 12.0 Å². The van der Waals surface area contributed by atoms with E-state index in [0.29, 0.717) is 0 Å². The van der Waals surface area contributed by atoms with Gasteiger partial charge >= 0.3 is 7.12 Å². The summed E-state index contributed by atoms with van der Waals surface area (Å²) in [6, 6.07) is 8.37. The lowest BCUT2D eigenvalue weighted by atomic mass is 9.79. The highest BCUT2D eigenvalue weighted by molar-refractivity contribution is 6.62. The van der Waals surface area contributed by atoms with Crippen molar-refractivity contribution in [1.29, 1.82) is 0 Å². The van der Waals surface area contributed by atoms with E-state index in [4.69, 9.17) is 9.31 Å². The molecule has 1 fully saturated rings. The molecule has 0 atom stereocenters. The zero-order chi connectivity index (χ0) is 13.4. The monoisotopic (exact) mass is 247 g/mol. The van der Waals surface area contributed by atoms with Crippen LogP contribution in [0.25, 0.3) is 0 Å². The molecule has 1 aromatic rings. The number of hydrogen-bond acceptors (Lipinski definition) is 3. The van der Waals surface area contributed by atoms with Crippen LogP contribution in [0.3, 0.4) is 0 Å². The molecule has 3 nitrogen and oxygen atoms in total. The molecule has 1 N–H and O–H groups in total. The van der Waals surface area contributed by atoms with Crippen molar-refractivity contribution in [3.63, 3.8) is 0 Å². The molecule has 1 aromatic carbocycles. The fraction of sp³-hybridized carbons (Fsp3) is 0.571. The van der Waals surface area contributed by atoms with Gasteiger partial charge in [-0.2, -0.15) is 0 Å². The molecule has 0 spiro atoms. The highest BCUT2D eigenvalue weighted by atomic mass is 16.7. The molecular formula is C14H22BNO2. The number of hydrogen-bond donors (Lipinski definition) is 1. The molecule has 0 saturated carbocycles. The van der Waals surface area contributed by atoms with Crippen molar-refractivity contribution >= 4 is 12.6 Å². The Kier molecular flexibility index (Phi) is 3.54. The van der Waals surface area contributed by atoms with E-state index >= 15 is 0 Å². The van der Waals surface area contributed by atoms with Crippen molar-refractivity contribution in [3.8, 4) is 0 Å².